The molecule has 0 spiro atoms. The highest BCUT2D eigenvalue weighted by atomic mass is 16.3. The van der Waals surface area contributed by atoms with Crippen molar-refractivity contribution in [1.29, 1.82) is 0 Å². The van der Waals surface area contributed by atoms with E-state index < -0.39 is 0 Å². The topological polar surface area (TPSA) is 65.4 Å². The summed E-state index contributed by atoms with van der Waals surface area (Å²) in [6.07, 6.45) is 0. The number of anilines is 1. The van der Waals surface area contributed by atoms with Crippen LogP contribution in [0.3, 0.4) is 0 Å². The Morgan fingerprint density at radius 1 is 1.11 bits per heavy atom. The van der Waals surface area contributed by atoms with Crippen molar-refractivity contribution in [2.24, 2.45) is 0 Å². The Labute approximate surface area is 112 Å². The van der Waals surface area contributed by atoms with Gasteiger partial charge in [-0.05, 0) is 45.0 Å². The molecule has 0 amide bonds. The highest BCUT2D eigenvalue weighted by molar-refractivity contribution is 5.51. The molecule has 1 unspecified atom stereocenters. The maximum Gasteiger partial charge on any atom is 0.124 e. The van der Waals surface area contributed by atoms with Gasteiger partial charge in [0.2, 0.25) is 0 Å². The summed E-state index contributed by atoms with van der Waals surface area (Å²) in [5.41, 5.74) is 3.57. The van der Waals surface area contributed by atoms with Crippen LogP contribution in [0.15, 0.2) is 30.3 Å². The molecule has 1 heterocycles. The Hall–Kier alpha value is -2.23. The first-order chi connectivity index (χ1) is 8.97. The first kappa shape index (κ1) is 13.2. The zero-order chi connectivity index (χ0) is 14.0. The smallest absolute Gasteiger partial charge is 0.124 e. The minimum atomic E-state index is -0.0798. The van der Waals surface area contributed by atoms with E-state index in [0.717, 1.165) is 22.6 Å². The van der Waals surface area contributed by atoms with Crippen LogP contribution in [-0.2, 0) is 0 Å². The Kier molecular flexibility index (Phi) is 3.60. The van der Waals surface area contributed by atoms with E-state index in [2.05, 4.69) is 10.3 Å². The number of aromatic nitrogens is 1. The molecule has 0 saturated carbocycles. The lowest BCUT2D eigenvalue weighted by Crippen LogP contribution is -2.08. The summed E-state index contributed by atoms with van der Waals surface area (Å²) < 4.78 is 0. The molecule has 4 nitrogen and oxygen atoms in total. The number of rotatable bonds is 3. The third-order valence-electron chi connectivity index (χ3n) is 3.08. The fourth-order valence-electron chi connectivity index (χ4n) is 2.05. The van der Waals surface area contributed by atoms with Gasteiger partial charge in [-0.1, -0.05) is 0 Å². The molecule has 0 aliphatic rings. The Balaban J connectivity index is 2.23. The molecule has 2 rings (SSSR count). The van der Waals surface area contributed by atoms with Crippen molar-refractivity contribution < 1.29 is 10.2 Å². The minimum Gasteiger partial charge on any atom is -0.508 e. The van der Waals surface area contributed by atoms with E-state index in [0.29, 0.717) is 0 Å². The molecule has 0 radical (unpaired) electrons. The molecule has 100 valence electrons. The van der Waals surface area contributed by atoms with Crippen molar-refractivity contribution >= 4 is 5.69 Å². The second-order valence-electron chi connectivity index (χ2n) is 4.69. The van der Waals surface area contributed by atoms with Gasteiger partial charge in [-0.15, -0.1) is 0 Å². The van der Waals surface area contributed by atoms with Crippen molar-refractivity contribution in [3.05, 3.63) is 47.3 Å². The van der Waals surface area contributed by atoms with Crippen molar-refractivity contribution in [2.75, 3.05) is 5.32 Å². The van der Waals surface area contributed by atoms with Crippen LogP contribution in [0.25, 0.3) is 0 Å². The molecule has 1 aromatic carbocycles. The average molecular weight is 258 g/mol. The SMILES string of the molecule is Cc1ccc(NC(C)c2ccc(O)cc2O)c(C)n1. The standard InChI is InChI=1S/C15H18N2O2/c1-9-4-7-14(11(3)16-9)17-10(2)13-6-5-12(18)8-15(13)19/h4-8,10,17-19H,1-3H3. The third-order valence-corrected chi connectivity index (χ3v) is 3.08. The zero-order valence-corrected chi connectivity index (χ0v) is 11.3. The monoisotopic (exact) mass is 258 g/mol. The molecule has 2 aromatic rings. The molecule has 1 aromatic heterocycles. The summed E-state index contributed by atoms with van der Waals surface area (Å²) in [6, 6.07) is 8.45. The van der Waals surface area contributed by atoms with Gasteiger partial charge in [-0.2, -0.15) is 0 Å². The van der Waals surface area contributed by atoms with Gasteiger partial charge in [0, 0.05) is 17.3 Å². The first-order valence-electron chi connectivity index (χ1n) is 6.20. The van der Waals surface area contributed by atoms with Crippen LogP contribution < -0.4 is 5.32 Å². The summed E-state index contributed by atoms with van der Waals surface area (Å²) >= 11 is 0. The van der Waals surface area contributed by atoms with Gasteiger partial charge < -0.3 is 15.5 Å². The lowest BCUT2D eigenvalue weighted by Gasteiger charge is -2.18. The normalized spacial score (nSPS) is 12.2. The molecule has 0 aliphatic carbocycles. The number of hydrogen-bond acceptors (Lipinski definition) is 4. The van der Waals surface area contributed by atoms with Crippen LogP contribution in [0.1, 0.15) is 29.9 Å². The summed E-state index contributed by atoms with van der Waals surface area (Å²) in [7, 11) is 0. The molecule has 4 heteroatoms. The lowest BCUT2D eigenvalue weighted by molar-refractivity contribution is 0.444. The van der Waals surface area contributed by atoms with Crippen molar-refractivity contribution in [1.82, 2.24) is 4.98 Å². The number of aryl methyl sites for hydroxylation is 2. The van der Waals surface area contributed by atoms with E-state index in [-0.39, 0.29) is 17.5 Å². The van der Waals surface area contributed by atoms with Crippen molar-refractivity contribution in [2.45, 2.75) is 26.8 Å². The molecular weight excluding hydrogens is 240 g/mol. The number of phenolic OH excluding ortho intramolecular Hbond substituents is 2. The Morgan fingerprint density at radius 3 is 2.47 bits per heavy atom. The van der Waals surface area contributed by atoms with Crippen LogP contribution in [0.5, 0.6) is 11.5 Å². The maximum atomic E-state index is 9.84. The van der Waals surface area contributed by atoms with Gasteiger partial charge >= 0.3 is 0 Å². The van der Waals surface area contributed by atoms with Gasteiger partial charge in [-0.3, -0.25) is 4.98 Å². The van der Waals surface area contributed by atoms with Gasteiger partial charge in [0.15, 0.2) is 0 Å². The fourth-order valence-corrected chi connectivity index (χ4v) is 2.05. The molecule has 0 aliphatic heterocycles. The third kappa shape index (κ3) is 2.96. The van der Waals surface area contributed by atoms with E-state index in [1.807, 2.05) is 32.9 Å². The van der Waals surface area contributed by atoms with Crippen LogP contribution in [0.4, 0.5) is 5.69 Å². The second kappa shape index (κ2) is 5.18. The van der Waals surface area contributed by atoms with E-state index in [9.17, 15) is 10.2 Å². The van der Waals surface area contributed by atoms with Crippen molar-refractivity contribution in [3.8, 4) is 11.5 Å². The Morgan fingerprint density at radius 2 is 1.84 bits per heavy atom. The van der Waals surface area contributed by atoms with E-state index >= 15 is 0 Å². The van der Waals surface area contributed by atoms with E-state index in [1.165, 1.54) is 6.07 Å². The van der Waals surface area contributed by atoms with E-state index in [1.54, 1.807) is 12.1 Å². The average Bonchev–Trinajstić information content (AvgIpc) is 2.32. The van der Waals surface area contributed by atoms with Gasteiger partial charge in [0.25, 0.3) is 0 Å². The summed E-state index contributed by atoms with van der Waals surface area (Å²) in [5, 5.41) is 22.4. The zero-order valence-electron chi connectivity index (χ0n) is 11.3. The number of nitrogens with zero attached hydrogens (tertiary/aromatic N) is 1. The fraction of sp³-hybridized carbons (Fsp3) is 0.267. The highest BCUT2D eigenvalue weighted by Gasteiger charge is 2.12. The predicted octanol–water partition coefficient (Wildman–Crippen LogP) is 3.28. The predicted molar refractivity (Wildman–Crippen MR) is 75.5 cm³/mol. The Bertz CT molecular complexity index is 597. The van der Waals surface area contributed by atoms with Gasteiger partial charge in [-0.25, -0.2) is 0 Å². The van der Waals surface area contributed by atoms with Crippen LogP contribution in [0.2, 0.25) is 0 Å². The van der Waals surface area contributed by atoms with Crippen LogP contribution in [0, 0.1) is 13.8 Å². The highest BCUT2D eigenvalue weighted by Crippen LogP contribution is 2.30. The quantitative estimate of drug-likeness (QED) is 0.790. The number of pyridine rings is 1. The van der Waals surface area contributed by atoms with Crippen LogP contribution in [-0.4, -0.2) is 15.2 Å². The van der Waals surface area contributed by atoms with E-state index in [4.69, 9.17) is 0 Å². The minimum absolute atomic E-state index is 0.0571. The number of aromatic hydroxyl groups is 2. The largest absolute Gasteiger partial charge is 0.508 e. The lowest BCUT2D eigenvalue weighted by atomic mass is 10.1. The van der Waals surface area contributed by atoms with Gasteiger partial charge in [0.05, 0.1) is 17.4 Å². The summed E-state index contributed by atoms with van der Waals surface area (Å²) in [5.74, 6) is 0.138. The molecule has 19 heavy (non-hydrogen) atoms. The van der Waals surface area contributed by atoms with Crippen molar-refractivity contribution in [3.63, 3.8) is 0 Å². The molecule has 0 fully saturated rings. The molecule has 0 bridgehead atoms. The summed E-state index contributed by atoms with van der Waals surface area (Å²) in [4.78, 5) is 4.39. The second-order valence-corrected chi connectivity index (χ2v) is 4.69. The number of hydrogen-bond donors (Lipinski definition) is 3. The molecule has 0 saturated heterocycles. The first-order valence-corrected chi connectivity index (χ1v) is 6.20. The van der Waals surface area contributed by atoms with Crippen LogP contribution >= 0.6 is 0 Å². The van der Waals surface area contributed by atoms with Gasteiger partial charge in [0.1, 0.15) is 11.5 Å². The summed E-state index contributed by atoms with van der Waals surface area (Å²) in [6.45, 7) is 5.84. The molecule has 3 N–H and O–H groups in total. The molecular formula is C15H18N2O2. The maximum absolute atomic E-state index is 9.84. The number of phenols is 2. The number of benzene rings is 1. The molecule has 1 atom stereocenters. The number of nitrogens with one attached hydrogen (secondary N) is 1.